The van der Waals surface area contributed by atoms with Gasteiger partial charge in [-0.1, -0.05) is 37.6 Å². The first-order valence-corrected chi connectivity index (χ1v) is 11.7. The Bertz CT molecular complexity index is 887. The van der Waals surface area contributed by atoms with Crippen molar-refractivity contribution in [2.24, 2.45) is 0 Å². The molecule has 1 fully saturated rings. The number of carbonyl (C=O) groups is 2. The summed E-state index contributed by atoms with van der Waals surface area (Å²) in [6.45, 7) is 5.14. The maximum Gasteiger partial charge on any atom is 0.243 e. The maximum absolute atomic E-state index is 13.5. The van der Waals surface area contributed by atoms with Crippen LogP contribution in [0.4, 0.5) is 0 Å². The highest BCUT2D eigenvalue weighted by Gasteiger charge is 2.38. The summed E-state index contributed by atoms with van der Waals surface area (Å²) in [6, 6.07) is 10.7. The fourth-order valence-electron chi connectivity index (χ4n) is 4.33. The molecule has 0 spiro atoms. The number of thiophene rings is 1. The molecule has 2 aliphatic rings. The van der Waals surface area contributed by atoms with Crippen molar-refractivity contribution in [1.29, 1.82) is 0 Å². The lowest BCUT2D eigenvalue weighted by atomic mass is 9.90. The van der Waals surface area contributed by atoms with Gasteiger partial charge in [0.25, 0.3) is 0 Å². The zero-order chi connectivity index (χ0) is 20.4. The molecule has 1 saturated carbocycles. The number of hydrogen-bond donors (Lipinski definition) is 0. The summed E-state index contributed by atoms with van der Waals surface area (Å²) in [5.74, 6) is 0.218. The second kappa shape index (κ2) is 8.70. The van der Waals surface area contributed by atoms with E-state index in [-0.39, 0.29) is 30.4 Å². The van der Waals surface area contributed by atoms with Gasteiger partial charge < -0.3 is 9.80 Å². The summed E-state index contributed by atoms with van der Waals surface area (Å²) < 4.78 is 0. The Kier molecular flexibility index (Phi) is 6.04. The summed E-state index contributed by atoms with van der Waals surface area (Å²) in [6.07, 6.45) is 5.40. The van der Waals surface area contributed by atoms with Gasteiger partial charge in [0, 0.05) is 23.9 Å². The summed E-state index contributed by atoms with van der Waals surface area (Å²) in [4.78, 5) is 31.4. The highest BCUT2D eigenvalue weighted by molar-refractivity contribution is 7.10. The number of hydrogen-bond acceptors (Lipinski definition) is 3. The normalized spacial score (nSPS) is 18.4. The minimum absolute atomic E-state index is 0.0505. The minimum Gasteiger partial charge on any atom is -0.330 e. The van der Waals surface area contributed by atoms with Crippen molar-refractivity contribution in [2.75, 3.05) is 13.1 Å². The van der Waals surface area contributed by atoms with Gasteiger partial charge in [-0.3, -0.25) is 9.59 Å². The van der Waals surface area contributed by atoms with Crippen LogP contribution < -0.4 is 0 Å². The van der Waals surface area contributed by atoms with E-state index in [0.29, 0.717) is 13.0 Å². The number of fused-ring (bicyclic) bond motifs is 1. The van der Waals surface area contributed by atoms with Crippen molar-refractivity contribution < 1.29 is 9.59 Å². The van der Waals surface area contributed by atoms with Crippen LogP contribution in [-0.4, -0.2) is 40.7 Å². The van der Waals surface area contributed by atoms with E-state index in [1.165, 1.54) is 21.6 Å². The van der Waals surface area contributed by atoms with Gasteiger partial charge in [0.05, 0.1) is 6.04 Å². The van der Waals surface area contributed by atoms with Gasteiger partial charge >= 0.3 is 0 Å². The Balaban J connectivity index is 1.59. The van der Waals surface area contributed by atoms with E-state index in [0.717, 1.165) is 32.1 Å². The molecule has 1 atom stereocenters. The number of benzene rings is 1. The molecule has 0 saturated heterocycles. The van der Waals surface area contributed by atoms with Gasteiger partial charge in [-0.15, -0.1) is 11.3 Å². The van der Waals surface area contributed by atoms with Crippen molar-refractivity contribution in [3.8, 4) is 0 Å². The molecule has 4 rings (SSSR count). The Labute approximate surface area is 177 Å². The Morgan fingerprint density at radius 2 is 1.97 bits per heavy atom. The lowest BCUT2D eigenvalue weighted by Gasteiger charge is -2.38. The average Bonchev–Trinajstić information content (AvgIpc) is 3.45. The third-order valence-corrected chi connectivity index (χ3v) is 7.12. The van der Waals surface area contributed by atoms with Crippen molar-refractivity contribution in [2.45, 2.75) is 64.5 Å². The molecule has 1 aromatic heterocycles. The molecular weight excluding hydrogens is 380 g/mol. The second-order valence-electron chi connectivity index (χ2n) is 8.25. The van der Waals surface area contributed by atoms with Crippen molar-refractivity contribution in [3.05, 3.63) is 57.3 Å². The third kappa shape index (κ3) is 4.25. The molecule has 0 radical (unpaired) electrons. The van der Waals surface area contributed by atoms with Crippen molar-refractivity contribution in [1.82, 2.24) is 9.80 Å². The Hall–Kier alpha value is -2.14. The highest BCUT2D eigenvalue weighted by Crippen LogP contribution is 2.39. The van der Waals surface area contributed by atoms with Crippen molar-refractivity contribution >= 4 is 23.2 Å². The van der Waals surface area contributed by atoms with E-state index in [1.54, 1.807) is 11.3 Å². The van der Waals surface area contributed by atoms with E-state index >= 15 is 0 Å². The van der Waals surface area contributed by atoms with Gasteiger partial charge in [-0.2, -0.15) is 0 Å². The number of unbranched alkanes of at least 4 members (excludes halogenated alkanes) is 1. The molecule has 2 amide bonds. The van der Waals surface area contributed by atoms with Crippen LogP contribution in [0.3, 0.4) is 0 Å². The lowest BCUT2D eigenvalue weighted by molar-refractivity contribution is -0.142. The van der Waals surface area contributed by atoms with Crippen LogP contribution in [0.25, 0.3) is 0 Å². The van der Waals surface area contributed by atoms with Crippen LogP contribution in [0, 0.1) is 6.92 Å². The summed E-state index contributed by atoms with van der Waals surface area (Å²) in [5, 5.41) is 2.13. The zero-order valence-corrected chi connectivity index (χ0v) is 18.2. The molecule has 4 nitrogen and oxygen atoms in total. The van der Waals surface area contributed by atoms with E-state index in [9.17, 15) is 9.59 Å². The average molecular weight is 411 g/mol. The largest absolute Gasteiger partial charge is 0.330 e. The highest BCUT2D eigenvalue weighted by atomic mass is 32.1. The Morgan fingerprint density at radius 3 is 2.69 bits per heavy atom. The summed E-state index contributed by atoms with van der Waals surface area (Å²) >= 11 is 1.78. The molecule has 5 heteroatoms. The lowest BCUT2D eigenvalue weighted by Crippen LogP contribution is -2.47. The molecule has 1 aromatic carbocycles. The maximum atomic E-state index is 13.5. The molecular formula is C24H30N2O2S. The van der Waals surface area contributed by atoms with Gasteiger partial charge in [0.1, 0.15) is 6.54 Å². The molecule has 0 unspecified atom stereocenters. The van der Waals surface area contributed by atoms with Crippen LogP contribution >= 0.6 is 11.3 Å². The van der Waals surface area contributed by atoms with Crippen LogP contribution in [0.15, 0.2) is 35.7 Å². The molecule has 1 aliphatic heterocycles. The van der Waals surface area contributed by atoms with Crippen LogP contribution in [-0.2, 0) is 16.0 Å². The van der Waals surface area contributed by atoms with Crippen molar-refractivity contribution in [3.63, 3.8) is 0 Å². The van der Waals surface area contributed by atoms with E-state index in [2.05, 4.69) is 43.5 Å². The second-order valence-corrected chi connectivity index (χ2v) is 9.25. The number of nitrogens with zero attached hydrogens (tertiary/aromatic N) is 2. The summed E-state index contributed by atoms with van der Waals surface area (Å²) in [7, 11) is 0. The van der Waals surface area contributed by atoms with Crippen LogP contribution in [0.1, 0.15) is 66.6 Å². The quantitative estimate of drug-likeness (QED) is 0.663. The molecule has 2 aromatic rings. The first-order valence-electron chi connectivity index (χ1n) is 10.8. The fourth-order valence-corrected chi connectivity index (χ4v) is 5.23. The molecule has 0 bridgehead atoms. The van der Waals surface area contributed by atoms with Gasteiger partial charge in [-0.05, 0) is 60.7 Å². The van der Waals surface area contributed by atoms with Gasteiger partial charge in [0.15, 0.2) is 0 Å². The molecule has 1 aliphatic carbocycles. The van der Waals surface area contributed by atoms with Gasteiger partial charge in [-0.25, -0.2) is 0 Å². The van der Waals surface area contributed by atoms with E-state index in [1.807, 2.05) is 15.9 Å². The molecule has 154 valence electrons. The van der Waals surface area contributed by atoms with Crippen LogP contribution in [0.2, 0.25) is 0 Å². The zero-order valence-electron chi connectivity index (χ0n) is 17.4. The molecule has 29 heavy (non-hydrogen) atoms. The third-order valence-electron chi connectivity index (χ3n) is 6.13. The van der Waals surface area contributed by atoms with Crippen LogP contribution in [0.5, 0.6) is 0 Å². The molecule has 0 N–H and O–H groups in total. The smallest absolute Gasteiger partial charge is 0.243 e. The monoisotopic (exact) mass is 410 g/mol. The predicted octanol–water partition coefficient (Wildman–Crippen LogP) is 4.71. The standard InChI is InChI=1S/C24H30N2O2S/c1-3-4-9-22(27)26(18-10-11-18)16-23(28)25-14-12-21-20(13-15-29-21)24(25)19-8-6-5-7-17(19)2/h5-8,13,15,18,24H,3-4,9-12,14,16H2,1-2H3/t24-/m0/s1. The fraction of sp³-hybridized carbons (Fsp3) is 0.500. The number of carbonyl (C=O) groups excluding carboxylic acids is 2. The number of amides is 2. The first kappa shape index (κ1) is 20.1. The minimum atomic E-state index is -0.0505. The summed E-state index contributed by atoms with van der Waals surface area (Å²) in [5.41, 5.74) is 3.64. The number of rotatable bonds is 7. The Morgan fingerprint density at radius 1 is 1.17 bits per heavy atom. The number of aryl methyl sites for hydroxylation is 1. The van der Waals surface area contributed by atoms with E-state index in [4.69, 9.17) is 0 Å². The topological polar surface area (TPSA) is 40.6 Å². The predicted molar refractivity (Wildman–Crippen MR) is 117 cm³/mol. The van der Waals surface area contributed by atoms with E-state index < -0.39 is 0 Å². The molecule has 2 heterocycles. The SMILES string of the molecule is CCCCC(=O)N(CC(=O)N1CCc2sccc2[C@@H]1c1ccccc1C)C1CC1. The first-order chi connectivity index (χ1) is 14.1. The van der Waals surface area contributed by atoms with Gasteiger partial charge in [0.2, 0.25) is 11.8 Å².